The fourth-order valence-corrected chi connectivity index (χ4v) is 4.48. The normalized spacial score (nSPS) is 18.0. The summed E-state index contributed by atoms with van der Waals surface area (Å²) in [5, 5.41) is 9.70. The first-order chi connectivity index (χ1) is 10.7. The van der Waals surface area contributed by atoms with Crippen molar-refractivity contribution in [2.24, 2.45) is 0 Å². The summed E-state index contributed by atoms with van der Waals surface area (Å²) in [5.74, 6) is 0.143. The van der Waals surface area contributed by atoms with E-state index in [1.165, 1.54) is 23.1 Å². The molecule has 1 aliphatic heterocycles. The number of aromatic nitrogens is 2. The number of thioether (sulfide) groups is 1. The van der Waals surface area contributed by atoms with Crippen molar-refractivity contribution in [1.29, 1.82) is 0 Å². The van der Waals surface area contributed by atoms with E-state index in [1.807, 2.05) is 24.3 Å². The summed E-state index contributed by atoms with van der Waals surface area (Å²) in [7, 11) is 0. The fraction of sp³-hybridized carbons (Fsp3) is 0.214. The summed E-state index contributed by atoms with van der Waals surface area (Å²) < 4.78 is 11.6. The molecule has 0 N–H and O–H groups in total. The number of rotatable bonds is 3. The minimum atomic E-state index is -0.272. The van der Waals surface area contributed by atoms with Gasteiger partial charge in [0.25, 0.3) is 11.1 Å². The Balaban J connectivity index is 1.65. The van der Waals surface area contributed by atoms with E-state index in [0.29, 0.717) is 29.2 Å². The van der Waals surface area contributed by atoms with Gasteiger partial charge in [-0.3, -0.25) is 4.79 Å². The van der Waals surface area contributed by atoms with Crippen LogP contribution in [0.3, 0.4) is 0 Å². The Bertz CT molecular complexity index is 861. The highest BCUT2D eigenvalue weighted by atomic mass is 35.5. The summed E-state index contributed by atoms with van der Waals surface area (Å²) in [6.45, 7) is 0.444. The monoisotopic (exact) mass is 352 g/mol. The molecule has 1 fully saturated rings. The van der Waals surface area contributed by atoms with Gasteiger partial charge in [0.2, 0.25) is 0 Å². The topological polar surface area (TPSA) is 65.2 Å². The molecule has 112 valence electrons. The Hall–Kier alpha value is -1.57. The van der Waals surface area contributed by atoms with Gasteiger partial charge in [-0.25, -0.2) is 0 Å². The standard InChI is InChI=1S/C14H9ClN2O3S2/c15-10-7-3-1-2-4-8(7)21-11(10)12-16-17-14(20-12)22-9-5-6-19-13(9)18/h1-4,9H,5-6H2/t9-/m0/s1. The van der Waals surface area contributed by atoms with Gasteiger partial charge in [0.05, 0.1) is 11.6 Å². The number of nitrogens with zero attached hydrogens (tertiary/aromatic N) is 2. The van der Waals surface area contributed by atoms with Crippen LogP contribution in [0.25, 0.3) is 20.9 Å². The third-order valence-electron chi connectivity index (χ3n) is 3.27. The highest BCUT2D eigenvalue weighted by Gasteiger charge is 2.30. The van der Waals surface area contributed by atoms with E-state index in [0.717, 1.165) is 15.0 Å². The number of carbonyl (C=O) groups is 1. The molecule has 1 aliphatic rings. The molecule has 3 aromatic rings. The molecule has 3 heterocycles. The number of hydrogen-bond donors (Lipinski definition) is 0. The van der Waals surface area contributed by atoms with Gasteiger partial charge in [0.1, 0.15) is 10.1 Å². The van der Waals surface area contributed by atoms with E-state index in [4.69, 9.17) is 20.8 Å². The van der Waals surface area contributed by atoms with Crippen molar-refractivity contribution < 1.29 is 13.9 Å². The predicted octanol–water partition coefficient (Wildman–Crippen LogP) is 4.01. The Morgan fingerprint density at radius 2 is 2.18 bits per heavy atom. The fourth-order valence-electron chi connectivity index (χ4n) is 2.21. The zero-order valence-corrected chi connectivity index (χ0v) is 13.5. The lowest BCUT2D eigenvalue weighted by Gasteiger charge is -1.98. The third kappa shape index (κ3) is 2.39. The van der Waals surface area contributed by atoms with E-state index in [9.17, 15) is 4.79 Å². The first kappa shape index (κ1) is 14.0. The maximum atomic E-state index is 11.5. The molecular weight excluding hydrogens is 344 g/mol. The zero-order valence-electron chi connectivity index (χ0n) is 11.1. The van der Waals surface area contributed by atoms with Crippen LogP contribution in [0.15, 0.2) is 33.9 Å². The molecule has 0 spiro atoms. The van der Waals surface area contributed by atoms with E-state index in [1.54, 1.807) is 0 Å². The lowest BCUT2D eigenvalue weighted by atomic mass is 10.2. The van der Waals surface area contributed by atoms with Crippen LogP contribution < -0.4 is 0 Å². The molecule has 0 bridgehead atoms. The molecule has 5 nitrogen and oxygen atoms in total. The number of ether oxygens (including phenoxy) is 1. The van der Waals surface area contributed by atoms with Gasteiger partial charge in [-0.1, -0.05) is 29.8 Å². The molecular formula is C14H9ClN2O3S2. The Morgan fingerprint density at radius 1 is 1.32 bits per heavy atom. The highest BCUT2D eigenvalue weighted by Crippen LogP contribution is 2.42. The van der Waals surface area contributed by atoms with Crippen molar-refractivity contribution >= 4 is 50.8 Å². The molecule has 0 saturated carbocycles. The zero-order chi connectivity index (χ0) is 15.1. The molecule has 0 radical (unpaired) electrons. The third-order valence-corrected chi connectivity index (χ3v) is 6.01. The van der Waals surface area contributed by atoms with Crippen molar-refractivity contribution in [3.63, 3.8) is 0 Å². The van der Waals surface area contributed by atoms with Crippen LogP contribution in [0.5, 0.6) is 0 Å². The molecule has 1 atom stereocenters. The van der Waals surface area contributed by atoms with Gasteiger partial charge in [0, 0.05) is 16.5 Å². The molecule has 8 heteroatoms. The molecule has 1 aromatic carbocycles. The number of hydrogen-bond acceptors (Lipinski definition) is 7. The lowest BCUT2D eigenvalue weighted by molar-refractivity contribution is -0.137. The quantitative estimate of drug-likeness (QED) is 0.663. The minimum Gasteiger partial charge on any atom is -0.465 e. The van der Waals surface area contributed by atoms with E-state index in [-0.39, 0.29) is 11.2 Å². The number of benzene rings is 1. The SMILES string of the molecule is O=C1OCC[C@@H]1Sc1nnc(-c2sc3ccccc3c2Cl)o1. The molecule has 22 heavy (non-hydrogen) atoms. The molecule has 0 unspecified atom stereocenters. The summed E-state index contributed by atoms with van der Waals surface area (Å²) in [6.07, 6.45) is 0.658. The van der Waals surface area contributed by atoms with E-state index < -0.39 is 0 Å². The molecule has 2 aromatic heterocycles. The van der Waals surface area contributed by atoms with Gasteiger partial charge < -0.3 is 9.15 Å². The van der Waals surface area contributed by atoms with Crippen molar-refractivity contribution in [3.05, 3.63) is 29.3 Å². The van der Waals surface area contributed by atoms with Gasteiger partial charge in [-0.15, -0.1) is 21.5 Å². The van der Waals surface area contributed by atoms with Gasteiger partial charge in [0.15, 0.2) is 0 Å². The van der Waals surface area contributed by atoms with Crippen molar-refractivity contribution in [2.45, 2.75) is 16.9 Å². The maximum Gasteiger partial charge on any atom is 0.319 e. The van der Waals surface area contributed by atoms with Crippen molar-refractivity contribution in [2.75, 3.05) is 6.61 Å². The number of esters is 1. The molecule has 1 saturated heterocycles. The van der Waals surface area contributed by atoms with Gasteiger partial charge in [-0.05, 0) is 17.8 Å². The van der Waals surface area contributed by atoms with Crippen LogP contribution in [0.4, 0.5) is 0 Å². The van der Waals surface area contributed by atoms with Crippen LogP contribution in [-0.4, -0.2) is 28.0 Å². The highest BCUT2D eigenvalue weighted by molar-refractivity contribution is 8.00. The number of cyclic esters (lactones) is 1. The van der Waals surface area contributed by atoms with Crippen molar-refractivity contribution in [3.8, 4) is 10.8 Å². The molecule has 4 rings (SSSR count). The van der Waals surface area contributed by atoms with Crippen molar-refractivity contribution in [1.82, 2.24) is 10.2 Å². The first-order valence-corrected chi connectivity index (χ1v) is 8.64. The number of fused-ring (bicyclic) bond motifs is 1. The summed E-state index contributed by atoms with van der Waals surface area (Å²) >= 11 is 9.13. The number of halogens is 1. The first-order valence-electron chi connectivity index (χ1n) is 6.56. The second-order valence-electron chi connectivity index (χ2n) is 4.68. The second-order valence-corrected chi connectivity index (χ2v) is 7.26. The van der Waals surface area contributed by atoms with Crippen LogP contribution in [0, 0.1) is 0 Å². The Morgan fingerprint density at radius 3 is 2.95 bits per heavy atom. The summed E-state index contributed by atoms with van der Waals surface area (Å²) in [6, 6.07) is 7.85. The lowest BCUT2D eigenvalue weighted by Crippen LogP contribution is -2.09. The average Bonchev–Trinajstić information content (AvgIpc) is 3.21. The average molecular weight is 353 g/mol. The van der Waals surface area contributed by atoms with Crippen LogP contribution in [-0.2, 0) is 9.53 Å². The molecule has 0 amide bonds. The maximum absolute atomic E-state index is 11.5. The van der Waals surface area contributed by atoms with Gasteiger partial charge in [-0.2, -0.15) is 0 Å². The number of carbonyl (C=O) groups excluding carboxylic acids is 1. The smallest absolute Gasteiger partial charge is 0.319 e. The Labute approximate surface area is 138 Å². The minimum absolute atomic E-state index is 0.232. The predicted molar refractivity (Wildman–Crippen MR) is 85.3 cm³/mol. The largest absolute Gasteiger partial charge is 0.465 e. The van der Waals surface area contributed by atoms with Gasteiger partial charge >= 0.3 is 5.97 Å². The van der Waals surface area contributed by atoms with E-state index in [2.05, 4.69) is 10.2 Å². The van der Waals surface area contributed by atoms with Crippen LogP contribution in [0.1, 0.15) is 6.42 Å². The molecule has 0 aliphatic carbocycles. The summed E-state index contributed by atoms with van der Waals surface area (Å²) in [5.41, 5.74) is 0. The number of thiophene rings is 1. The Kier molecular flexibility index (Phi) is 3.56. The second kappa shape index (κ2) is 5.57. The summed E-state index contributed by atoms with van der Waals surface area (Å²) in [4.78, 5) is 12.2. The van der Waals surface area contributed by atoms with Crippen LogP contribution in [0.2, 0.25) is 5.02 Å². The van der Waals surface area contributed by atoms with E-state index >= 15 is 0 Å². The van der Waals surface area contributed by atoms with Crippen LogP contribution >= 0.6 is 34.7 Å².